The average molecular weight is 585 g/mol. The third kappa shape index (κ3) is 5.20. The van der Waals surface area contributed by atoms with Gasteiger partial charge in [-0.2, -0.15) is 0 Å². The van der Waals surface area contributed by atoms with Crippen molar-refractivity contribution in [2.45, 2.75) is 55.6 Å². The molecule has 0 amide bonds. The summed E-state index contributed by atoms with van der Waals surface area (Å²) in [6.07, 6.45) is -0.123. The highest BCUT2D eigenvalue weighted by Gasteiger charge is 2.47. The topological polar surface area (TPSA) is 125 Å². The Hall–Kier alpha value is -2.29. The summed E-state index contributed by atoms with van der Waals surface area (Å²) in [5.41, 5.74) is 0.639. The van der Waals surface area contributed by atoms with Crippen molar-refractivity contribution < 1.29 is 37.7 Å². The number of hydrogen-bond acceptors (Lipinski definition) is 9. The van der Waals surface area contributed by atoms with Crippen LogP contribution >= 0.6 is 15.9 Å². The third-order valence-corrected chi connectivity index (χ3v) is 7.59. The SMILES string of the molecule is CO[C@@H]1[C@@H](n2cc(-c3ccc(Br)c(F)c3F)nn2)[C@@H](O)[C@@H](CO)O[C@@H]1Cc1cc(C2CCOCC2)on1. The lowest BCUT2D eigenvalue weighted by molar-refractivity contribution is -0.212. The number of ether oxygens (including phenoxy) is 3. The van der Waals surface area contributed by atoms with Gasteiger partial charge in [-0.3, -0.25) is 0 Å². The fourth-order valence-electron chi connectivity index (χ4n) is 5.00. The van der Waals surface area contributed by atoms with E-state index < -0.39 is 48.7 Å². The van der Waals surface area contributed by atoms with Gasteiger partial charge < -0.3 is 28.9 Å². The van der Waals surface area contributed by atoms with Gasteiger partial charge in [-0.1, -0.05) is 10.4 Å². The van der Waals surface area contributed by atoms with Crippen LogP contribution in [0.2, 0.25) is 0 Å². The van der Waals surface area contributed by atoms with Gasteiger partial charge in [0.2, 0.25) is 0 Å². The number of aromatic nitrogens is 4. The Morgan fingerprint density at radius 3 is 2.70 bits per heavy atom. The van der Waals surface area contributed by atoms with E-state index >= 15 is 0 Å². The summed E-state index contributed by atoms with van der Waals surface area (Å²) in [6.45, 7) is 0.893. The summed E-state index contributed by atoms with van der Waals surface area (Å²) >= 11 is 2.96. The van der Waals surface area contributed by atoms with Crippen LogP contribution in [-0.4, -0.2) is 81.7 Å². The summed E-state index contributed by atoms with van der Waals surface area (Å²) < 4.78 is 52.7. The van der Waals surface area contributed by atoms with Crippen molar-refractivity contribution >= 4 is 15.9 Å². The number of aliphatic hydroxyl groups excluding tert-OH is 2. The maximum Gasteiger partial charge on any atom is 0.173 e. The first kappa shape index (κ1) is 26.3. The zero-order chi connectivity index (χ0) is 26.1. The number of methoxy groups -OCH3 is 1. The number of benzene rings is 1. The predicted octanol–water partition coefficient (Wildman–Crippen LogP) is 2.79. The number of halogens is 3. The first-order valence-corrected chi connectivity index (χ1v) is 12.8. The molecule has 3 aromatic rings. The van der Waals surface area contributed by atoms with Crippen LogP contribution < -0.4 is 0 Å². The number of nitrogens with zero attached hydrogens (tertiary/aromatic N) is 4. The van der Waals surface area contributed by atoms with E-state index in [-0.39, 0.29) is 21.6 Å². The van der Waals surface area contributed by atoms with Crippen LogP contribution in [0.15, 0.2) is 33.4 Å². The predicted molar refractivity (Wildman–Crippen MR) is 128 cm³/mol. The van der Waals surface area contributed by atoms with Gasteiger partial charge in [-0.05, 0) is 40.9 Å². The van der Waals surface area contributed by atoms with E-state index in [0.29, 0.717) is 25.3 Å². The molecular formula is C24H27BrF2N4O6. The van der Waals surface area contributed by atoms with Crippen LogP contribution in [0, 0.1) is 11.6 Å². The molecule has 2 fully saturated rings. The van der Waals surface area contributed by atoms with Gasteiger partial charge in [0, 0.05) is 44.3 Å². The van der Waals surface area contributed by atoms with Crippen molar-refractivity contribution in [1.82, 2.24) is 20.2 Å². The fraction of sp³-hybridized carbons (Fsp3) is 0.542. The van der Waals surface area contributed by atoms with Gasteiger partial charge in [-0.25, -0.2) is 13.5 Å². The second-order valence-electron chi connectivity index (χ2n) is 9.20. The van der Waals surface area contributed by atoms with Crippen molar-refractivity contribution in [2.24, 2.45) is 0 Å². The lowest BCUT2D eigenvalue weighted by atomic mass is 9.90. The molecule has 1 aromatic carbocycles. The molecule has 0 bridgehead atoms. The van der Waals surface area contributed by atoms with E-state index in [0.717, 1.165) is 18.6 Å². The minimum absolute atomic E-state index is 0.0121. The van der Waals surface area contributed by atoms with Crippen LogP contribution in [0.5, 0.6) is 0 Å². The Morgan fingerprint density at radius 1 is 1.19 bits per heavy atom. The molecule has 2 aromatic heterocycles. The number of hydrogen-bond donors (Lipinski definition) is 2. The van der Waals surface area contributed by atoms with Gasteiger partial charge in [0.1, 0.15) is 35.8 Å². The van der Waals surface area contributed by atoms with E-state index in [2.05, 4.69) is 31.4 Å². The Morgan fingerprint density at radius 2 is 1.97 bits per heavy atom. The molecule has 10 nitrogen and oxygen atoms in total. The quantitative estimate of drug-likeness (QED) is 0.403. The molecule has 200 valence electrons. The van der Waals surface area contributed by atoms with Gasteiger partial charge >= 0.3 is 0 Å². The third-order valence-electron chi connectivity index (χ3n) is 6.97. The molecule has 0 saturated carbocycles. The molecule has 5 rings (SSSR count). The van der Waals surface area contributed by atoms with Crippen molar-refractivity contribution in [1.29, 1.82) is 0 Å². The van der Waals surface area contributed by atoms with Crippen LogP contribution in [0.4, 0.5) is 8.78 Å². The van der Waals surface area contributed by atoms with Crippen molar-refractivity contribution in [2.75, 3.05) is 26.9 Å². The van der Waals surface area contributed by atoms with Gasteiger partial charge in [0.25, 0.3) is 0 Å². The molecule has 13 heteroatoms. The first-order chi connectivity index (χ1) is 17.9. The smallest absolute Gasteiger partial charge is 0.173 e. The summed E-state index contributed by atoms with van der Waals surface area (Å²) in [7, 11) is 1.47. The number of rotatable bonds is 7. The Bertz CT molecular complexity index is 1220. The lowest BCUT2D eigenvalue weighted by Crippen LogP contribution is -2.57. The minimum Gasteiger partial charge on any atom is -0.394 e. The largest absolute Gasteiger partial charge is 0.394 e. The van der Waals surface area contributed by atoms with Crippen LogP contribution in [0.1, 0.15) is 36.3 Å². The van der Waals surface area contributed by atoms with E-state index in [1.54, 1.807) is 0 Å². The van der Waals surface area contributed by atoms with Crippen LogP contribution in [0.25, 0.3) is 11.3 Å². The molecular weight excluding hydrogens is 558 g/mol. The maximum atomic E-state index is 14.5. The van der Waals surface area contributed by atoms with E-state index in [4.69, 9.17) is 18.7 Å². The zero-order valence-corrected chi connectivity index (χ0v) is 21.6. The normalized spacial score (nSPS) is 27.0. The van der Waals surface area contributed by atoms with Crippen LogP contribution in [-0.2, 0) is 20.6 Å². The van der Waals surface area contributed by atoms with Crippen molar-refractivity contribution in [3.8, 4) is 11.3 Å². The molecule has 4 heterocycles. The van der Waals surface area contributed by atoms with E-state index in [9.17, 15) is 19.0 Å². The van der Waals surface area contributed by atoms with Gasteiger partial charge in [0.05, 0.1) is 29.1 Å². The molecule has 0 unspecified atom stereocenters. The van der Waals surface area contributed by atoms with Gasteiger partial charge in [0.15, 0.2) is 11.6 Å². The van der Waals surface area contributed by atoms with Gasteiger partial charge in [-0.15, -0.1) is 5.10 Å². The first-order valence-electron chi connectivity index (χ1n) is 12.0. The Labute approximate surface area is 219 Å². The van der Waals surface area contributed by atoms with Crippen molar-refractivity contribution in [3.63, 3.8) is 0 Å². The second kappa shape index (κ2) is 11.2. The maximum absolute atomic E-state index is 14.5. The van der Waals surface area contributed by atoms with E-state index in [1.807, 2.05) is 6.07 Å². The molecule has 2 aliphatic rings. The minimum atomic E-state index is -1.22. The summed E-state index contributed by atoms with van der Waals surface area (Å²) in [5.74, 6) is -1.10. The summed E-state index contributed by atoms with van der Waals surface area (Å²) in [6, 6.07) is 3.80. The molecule has 2 aliphatic heterocycles. The molecule has 0 spiro atoms. The average Bonchev–Trinajstić information content (AvgIpc) is 3.58. The van der Waals surface area contributed by atoms with Crippen LogP contribution in [0.3, 0.4) is 0 Å². The molecule has 2 saturated heterocycles. The molecule has 5 atom stereocenters. The summed E-state index contributed by atoms with van der Waals surface area (Å²) in [5, 5.41) is 33.2. The Kier molecular flexibility index (Phi) is 7.98. The highest BCUT2D eigenvalue weighted by Crippen LogP contribution is 2.35. The number of aliphatic hydroxyl groups is 2. The monoisotopic (exact) mass is 584 g/mol. The second-order valence-corrected chi connectivity index (χ2v) is 10.0. The molecule has 0 radical (unpaired) electrons. The lowest BCUT2D eigenvalue weighted by Gasteiger charge is -2.43. The van der Waals surface area contributed by atoms with E-state index in [1.165, 1.54) is 30.1 Å². The standard InChI is InChI=1S/C24H27BrF2N4O6/c1-34-24-18(9-13-8-17(37-29-13)12-4-6-35-7-5-12)36-19(11-32)23(33)22(24)31-10-16(28-30-31)14-2-3-15(25)21(27)20(14)26/h2-3,8,10,12,18-19,22-24,32-33H,4-7,9,11H2,1H3/t18-,19-,22+,23+,24+/m1/s1. The molecule has 37 heavy (non-hydrogen) atoms. The highest BCUT2D eigenvalue weighted by molar-refractivity contribution is 9.10. The van der Waals surface area contributed by atoms with Crippen molar-refractivity contribution in [3.05, 3.63) is 52.0 Å². The fourth-order valence-corrected chi connectivity index (χ4v) is 5.31. The Balaban J connectivity index is 1.41. The molecule has 2 N–H and O–H groups in total. The highest BCUT2D eigenvalue weighted by atomic mass is 79.9. The molecule has 0 aliphatic carbocycles. The zero-order valence-electron chi connectivity index (χ0n) is 20.0. The summed E-state index contributed by atoms with van der Waals surface area (Å²) in [4.78, 5) is 0.